The lowest BCUT2D eigenvalue weighted by atomic mass is 10.2. The van der Waals surface area contributed by atoms with Crippen LogP contribution in [0.1, 0.15) is 30.0 Å². The van der Waals surface area contributed by atoms with Gasteiger partial charge in [0.2, 0.25) is 5.91 Å². The Labute approximate surface area is 193 Å². The molecule has 1 aliphatic carbocycles. The number of hydrogen-bond acceptors (Lipinski definition) is 4. The number of carbonyl (C=O) groups is 1. The Morgan fingerprint density at radius 2 is 1.94 bits per heavy atom. The van der Waals surface area contributed by atoms with Crippen LogP contribution in [0.5, 0.6) is 0 Å². The van der Waals surface area contributed by atoms with Crippen molar-refractivity contribution >= 4 is 45.7 Å². The Balaban J connectivity index is 1.56. The summed E-state index contributed by atoms with van der Waals surface area (Å²) in [4.78, 5) is 26.1. The van der Waals surface area contributed by atoms with E-state index in [-0.39, 0.29) is 23.9 Å². The van der Waals surface area contributed by atoms with Gasteiger partial charge >= 0.3 is 0 Å². The number of aryl methyl sites for hydroxylation is 1. The molecule has 0 saturated heterocycles. The van der Waals surface area contributed by atoms with Gasteiger partial charge in [-0.05, 0) is 49.6 Å². The minimum Gasteiger partial charge on any atom is -0.324 e. The SMILES string of the molecule is Cc1ccccc1-n1ncc2c(C3CC3)nn(CC(=O)Nc3ccc(Cl)c(Cl)c3)c(=O)c21. The summed E-state index contributed by atoms with van der Waals surface area (Å²) in [5, 5.41) is 13.3. The van der Waals surface area contributed by atoms with E-state index in [0.29, 0.717) is 21.2 Å². The zero-order chi connectivity index (χ0) is 22.4. The number of carbonyl (C=O) groups excluding carboxylic acids is 1. The molecule has 0 bridgehead atoms. The Hall–Kier alpha value is -3.16. The number of benzene rings is 2. The number of amides is 1. The van der Waals surface area contributed by atoms with Crippen LogP contribution in [0.25, 0.3) is 16.6 Å². The van der Waals surface area contributed by atoms with Crippen molar-refractivity contribution in [2.45, 2.75) is 32.2 Å². The van der Waals surface area contributed by atoms with Gasteiger partial charge in [-0.25, -0.2) is 9.36 Å². The highest BCUT2D eigenvalue weighted by Crippen LogP contribution is 2.41. The van der Waals surface area contributed by atoms with Crippen molar-refractivity contribution in [2.24, 2.45) is 0 Å². The van der Waals surface area contributed by atoms with Crippen molar-refractivity contribution in [1.29, 1.82) is 0 Å². The Morgan fingerprint density at radius 3 is 2.66 bits per heavy atom. The largest absolute Gasteiger partial charge is 0.324 e. The number of hydrogen-bond donors (Lipinski definition) is 1. The molecule has 0 atom stereocenters. The van der Waals surface area contributed by atoms with E-state index in [1.54, 1.807) is 29.1 Å². The van der Waals surface area contributed by atoms with E-state index in [1.165, 1.54) is 4.68 Å². The van der Waals surface area contributed by atoms with Crippen molar-refractivity contribution in [3.8, 4) is 5.69 Å². The van der Waals surface area contributed by atoms with Crippen molar-refractivity contribution < 1.29 is 4.79 Å². The van der Waals surface area contributed by atoms with Crippen LogP contribution in [0, 0.1) is 6.92 Å². The average Bonchev–Trinajstić information content (AvgIpc) is 3.51. The van der Waals surface area contributed by atoms with E-state index in [4.69, 9.17) is 23.2 Å². The third kappa shape index (κ3) is 3.78. The van der Waals surface area contributed by atoms with E-state index in [9.17, 15) is 9.59 Å². The maximum absolute atomic E-state index is 13.4. The molecule has 1 saturated carbocycles. The standard InChI is InChI=1S/C23H19Cl2N5O2/c1-13-4-2-3-5-19(13)30-22-16(11-26-30)21(14-6-7-14)28-29(23(22)32)12-20(31)27-15-8-9-17(24)18(25)10-15/h2-5,8-11,14H,6-7,12H2,1H3,(H,27,31). The highest BCUT2D eigenvalue weighted by atomic mass is 35.5. The fraction of sp³-hybridized carbons (Fsp3) is 0.217. The van der Waals surface area contributed by atoms with Crippen LogP contribution in [0.4, 0.5) is 5.69 Å². The number of rotatable bonds is 5. The normalized spacial score (nSPS) is 13.5. The van der Waals surface area contributed by atoms with E-state index >= 15 is 0 Å². The van der Waals surface area contributed by atoms with Gasteiger partial charge in [0.1, 0.15) is 12.1 Å². The molecule has 162 valence electrons. The topological polar surface area (TPSA) is 81.8 Å². The third-order valence-corrected chi connectivity index (χ3v) is 6.25. The fourth-order valence-electron chi connectivity index (χ4n) is 3.75. The second-order valence-corrected chi connectivity index (χ2v) is 8.72. The first-order valence-corrected chi connectivity index (χ1v) is 11.0. The number of para-hydroxylation sites is 1. The van der Waals surface area contributed by atoms with Gasteiger partial charge in [0, 0.05) is 17.0 Å². The predicted octanol–water partition coefficient (Wildman–Crippen LogP) is 4.71. The van der Waals surface area contributed by atoms with Gasteiger partial charge in [-0.1, -0.05) is 41.4 Å². The van der Waals surface area contributed by atoms with Crippen LogP contribution in [-0.2, 0) is 11.3 Å². The summed E-state index contributed by atoms with van der Waals surface area (Å²) >= 11 is 12.0. The number of fused-ring (bicyclic) bond motifs is 1. The summed E-state index contributed by atoms with van der Waals surface area (Å²) in [6, 6.07) is 12.5. The Kier molecular flexibility index (Phi) is 5.23. The fourth-order valence-corrected chi connectivity index (χ4v) is 4.05. The van der Waals surface area contributed by atoms with Gasteiger partial charge in [0.15, 0.2) is 0 Å². The van der Waals surface area contributed by atoms with Crippen LogP contribution < -0.4 is 10.9 Å². The summed E-state index contributed by atoms with van der Waals surface area (Å²) in [5.74, 6) is -0.113. The highest BCUT2D eigenvalue weighted by Gasteiger charge is 2.30. The lowest BCUT2D eigenvalue weighted by molar-refractivity contribution is -0.117. The van der Waals surface area contributed by atoms with Gasteiger partial charge in [-0.2, -0.15) is 10.2 Å². The molecule has 7 nitrogen and oxygen atoms in total. The van der Waals surface area contributed by atoms with E-state index in [1.807, 2.05) is 31.2 Å². The predicted molar refractivity (Wildman–Crippen MR) is 125 cm³/mol. The van der Waals surface area contributed by atoms with E-state index in [2.05, 4.69) is 15.5 Å². The van der Waals surface area contributed by atoms with Gasteiger partial charge < -0.3 is 5.32 Å². The molecule has 1 N–H and O–H groups in total. The molecular formula is C23H19Cl2N5O2. The molecule has 0 radical (unpaired) electrons. The minimum absolute atomic E-state index is 0.228. The Bertz CT molecular complexity index is 1420. The second kappa shape index (κ2) is 8.07. The molecule has 1 fully saturated rings. The molecule has 4 aromatic rings. The van der Waals surface area contributed by atoms with Gasteiger partial charge in [0.05, 0.1) is 27.6 Å². The van der Waals surface area contributed by atoms with Crippen LogP contribution in [0.2, 0.25) is 10.0 Å². The van der Waals surface area contributed by atoms with Crippen molar-refractivity contribution in [1.82, 2.24) is 19.6 Å². The Morgan fingerprint density at radius 1 is 1.16 bits per heavy atom. The molecule has 9 heteroatoms. The third-order valence-electron chi connectivity index (χ3n) is 5.52. The number of aromatic nitrogens is 4. The molecule has 1 aliphatic rings. The first-order chi connectivity index (χ1) is 15.4. The average molecular weight is 468 g/mol. The molecule has 2 aromatic heterocycles. The molecule has 0 unspecified atom stereocenters. The van der Waals surface area contributed by atoms with Crippen LogP contribution >= 0.6 is 23.2 Å². The first-order valence-electron chi connectivity index (χ1n) is 10.2. The quantitative estimate of drug-likeness (QED) is 0.460. The van der Waals surface area contributed by atoms with E-state index in [0.717, 1.165) is 35.2 Å². The van der Waals surface area contributed by atoms with Crippen LogP contribution in [-0.4, -0.2) is 25.5 Å². The van der Waals surface area contributed by atoms with Crippen molar-refractivity contribution in [2.75, 3.05) is 5.32 Å². The highest BCUT2D eigenvalue weighted by molar-refractivity contribution is 6.42. The molecule has 2 aromatic carbocycles. The lowest BCUT2D eigenvalue weighted by Crippen LogP contribution is -2.31. The summed E-state index contributed by atoms with van der Waals surface area (Å²) < 4.78 is 2.87. The van der Waals surface area contributed by atoms with Gasteiger partial charge in [-0.3, -0.25) is 9.59 Å². The summed E-state index contributed by atoms with van der Waals surface area (Å²) in [5.41, 5.74) is 3.17. The molecular weight excluding hydrogens is 449 g/mol. The maximum Gasteiger partial charge on any atom is 0.293 e. The number of nitrogens with zero attached hydrogens (tertiary/aromatic N) is 4. The van der Waals surface area contributed by atoms with Gasteiger partial charge in [-0.15, -0.1) is 0 Å². The first kappa shape index (κ1) is 20.7. The maximum atomic E-state index is 13.4. The summed E-state index contributed by atoms with van der Waals surface area (Å²) in [6.45, 7) is 1.74. The lowest BCUT2D eigenvalue weighted by Gasteiger charge is -2.11. The monoisotopic (exact) mass is 467 g/mol. The smallest absolute Gasteiger partial charge is 0.293 e. The van der Waals surface area contributed by atoms with Crippen LogP contribution in [0.3, 0.4) is 0 Å². The number of anilines is 1. The summed E-state index contributed by atoms with van der Waals surface area (Å²) in [7, 11) is 0. The van der Waals surface area contributed by atoms with Gasteiger partial charge in [0.25, 0.3) is 5.56 Å². The van der Waals surface area contributed by atoms with Crippen molar-refractivity contribution in [3.05, 3.63) is 80.3 Å². The minimum atomic E-state index is -0.388. The molecule has 1 amide bonds. The molecule has 2 heterocycles. The molecule has 0 aliphatic heterocycles. The molecule has 32 heavy (non-hydrogen) atoms. The number of halogens is 2. The number of nitrogens with one attached hydrogen (secondary N) is 1. The zero-order valence-electron chi connectivity index (χ0n) is 17.2. The van der Waals surface area contributed by atoms with Crippen LogP contribution in [0.15, 0.2) is 53.5 Å². The molecule has 5 rings (SSSR count). The second-order valence-electron chi connectivity index (χ2n) is 7.90. The zero-order valence-corrected chi connectivity index (χ0v) is 18.7. The molecule has 0 spiro atoms. The van der Waals surface area contributed by atoms with Crippen molar-refractivity contribution in [3.63, 3.8) is 0 Å². The van der Waals surface area contributed by atoms with E-state index < -0.39 is 0 Å². The summed E-state index contributed by atoms with van der Waals surface area (Å²) in [6.07, 6.45) is 3.71.